The van der Waals surface area contributed by atoms with Gasteiger partial charge >= 0.3 is 5.97 Å². The molecule has 0 aromatic rings. The number of carbonyl (C=O) groups excluding carboxylic acids is 1. The van der Waals surface area contributed by atoms with E-state index in [2.05, 4.69) is 0 Å². The molecule has 0 aliphatic heterocycles. The van der Waals surface area contributed by atoms with Gasteiger partial charge in [-0.1, -0.05) is 19.3 Å². The van der Waals surface area contributed by atoms with E-state index in [4.69, 9.17) is 10.8 Å². The SMILES string of the molecule is NC(C(=O)O)C(=O)C1CC12CCCCC2. The predicted molar refractivity (Wildman–Crippen MR) is 54.2 cm³/mol. The maximum atomic E-state index is 11.7. The van der Waals surface area contributed by atoms with Crippen molar-refractivity contribution in [2.75, 3.05) is 0 Å². The fraction of sp³-hybridized carbons (Fsp3) is 0.818. The fourth-order valence-corrected chi connectivity index (χ4v) is 2.90. The minimum Gasteiger partial charge on any atom is -0.480 e. The lowest BCUT2D eigenvalue weighted by molar-refractivity contribution is -0.142. The predicted octanol–water partition coefficient (Wildman–Crippen LogP) is 0.938. The molecular formula is C11H17NO3. The number of carboxylic acid groups (broad SMARTS) is 1. The first-order chi connectivity index (χ1) is 7.07. The third-order valence-corrected chi connectivity index (χ3v) is 3.96. The van der Waals surface area contributed by atoms with Gasteiger partial charge in [0.25, 0.3) is 0 Å². The van der Waals surface area contributed by atoms with Crippen molar-refractivity contribution < 1.29 is 14.7 Å². The highest BCUT2D eigenvalue weighted by atomic mass is 16.4. The first kappa shape index (κ1) is 10.6. The Balaban J connectivity index is 1.97. The van der Waals surface area contributed by atoms with Gasteiger partial charge in [-0.2, -0.15) is 0 Å². The highest BCUT2D eigenvalue weighted by Gasteiger charge is 2.58. The van der Waals surface area contributed by atoms with Crippen molar-refractivity contribution in [3.05, 3.63) is 0 Å². The van der Waals surface area contributed by atoms with Crippen LogP contribution in [0.15, 0.2) is 0 Å². The Bertz CT molecular complexity index is 294. The zero-order chi connectivity index (χ0) is 11.1. The fourth-order valence-electron chi connectivity index (χ4n) is 2.90. The Morgan fingerprint density at radius 2 is 1.87 bits per heavy atom. The van der Waals surface area contributed by atoms with E-state index in [0.29, 0.717) is 0 Å². The standard InChI is InChI=1S/C11H17NO3/c12-8(10(14)15)9(13)7-6-11(7)4-2-1-3-5-11/h7-8H,1-6,12H2,(H,14,15). The van der Waals surface area contributed by atoms with Crippen molar-refractivity contribution in [3.8, 4) is 0 Å². The van der Waals surface area contributed by atoms with Gasteiger partial charge in [0.05, 0.1) is 0 Å². The highest BCUT2D eigenvalue weighted by molar-refractivity contribution is 6.04. The number of rotatable bonds is 3. The molecular weight excluding hydrogens is 194 g/mol. The molecule has 4 heteroatoms. The van der Waals surface area contributed by atoms with Gasteiger partial charge in [0.15, 0.2) is 11.8 Å². The minimum absolute atomic E-state index is 0.0658. The van der Waals surface area contributed by atoms with E-state index in [-0.39, 0.29) is 17.1 Å². The lowest BCUT2D eigenvalue weighted by Gasteiger charge is -2.22. The summed E-state index contributed by atoms with van der Waals surface area (Å²) in [5.41, 5.74) is 5.48. The molecule has 3 N–H and O–H groups in total. The van der Waals surface area contributed by atoms with E-state index in [0.717, 1.165) is 19.3 Å². The molecule has 2 fully saturated rings. The molecule has 84 valence electrons. The first-order valence-corrected chi connectivity index (χ1v) is 5.59. The summed E-state index contributed by atoms with van der Waals surface area (Å²) in [7, 11) is 0. The molecule has 0 saturated heterocycles. The van der Waals surface area contributed by atoms with E-state index in [9.17, 15) is 9.59 Å². The van der Waals surface area contributed by atoms with Gasteiger partial charge in [0.1, 0.15) is 0 Å². The third-order valence-electron chi connectivity index (χ3n) is 3.96. The zero-order valence-electron chi connectivity index (χ0n) is 8.74. The van der Waals surface area contributed by atoms with Crippen LogP contribution < -0.4 is 5.73 Å². The number of hydrogen-bond donors (Lipinski definition) is 2. The Morgan fingerprint density at radius 3 is 2.40 bits per heavy atom. The second-order valence-corrected chi connectivity index (χ2v) is 4.90. The Hall–Kier alpha value is -0.900. The molecule has 0 radical (unpaired) electrons. The van der Waals surface area contributed by atoms with Gasteiger partial charge < -0.3 is 10.8 Å². The molecule has 0 aromatic carbocycles. The van der Waals surface area contributed by atoms with Crippen LogP contribution in [0, 0.1) is 11.3 Å². The van der Waals surface area contributed by atoms with E-state index in [1.165, 1.54) is 19.3 Å². The van der Waals surface area contributed by atoms with Gasteiger partial charge in [-0.05, 0) is 24.7 Å². The van der Waals surface area contributed by atoms with E-state index < -0.39 is 12.0 Å². The molecule has 2 saturated carbocycles. The van der Waals surface area contributed by atoms with Crippen LogP contribution in [0.25, 0.3) is 0 Å². The maximum Gasteiger partial charge on any atom is 0.328 e. The molecule has 4 nitrogen and oxygen atoms in total. The van der Waals surface area contributed by atoms with Crippen LogP contribution >= 0.6 is 0 Å². The van der Waals surface area contributed by atoms with Crippen molar-refractivity contribution in [1.82, 2.24) is 0 Å². The molecule has 0 amide bonds. The molecule has 2 atom stereocenters. The van der Waals surface area contributed by atoms with Crippen molar-refractivity contribution in [2.24, 2.45) is 17.1 Å². The normalized spacial score (nSPS) is 29.8. The summed E-state index contributed by atoms with van der Waals surface area (Å²) in [4.78, 5) is 22.3. The monoisotopic (exact) mass is 211 g/mol. The van der Waals surface area contributed by atoms with Crippen LogP contribution in [0.5, 0.6) is 0 Å². The van der Waals surface area contributed by atoms with Gasteiger partial charge in [-0.3, -0.25) is 9.59 Å². The molecule has 15 heavy (non-hydrogen) atoms. The van der Waals surface area contributed by atoms with Crippen molar-refractivity contribution in [1.29, 1.82) is 0 Å². The summed E-state index contributed by atoms with van der Waals surface area (Å²) in [6, 6.07) is -1.31. The summed E-state index contributed by atoms with van der Waals surface area (Å²) >= 11 is 0. The zero-order valence-corrected chi connectivity index (χ0v) is 8.74. The van der Waals surface area contributed by atoms with Gasteiger partial charge in [-0.15, -0.1) is 0 Å². The highest BCUT2D eigenvalue weighted by Crippen LogP contribution is 2.61. The first-order valence-electron chi connectivity index (χ1n) is 5.59. The van der Waals surface area contributed by atoms with Gasteiger partial charge in [0.2, 0.25) is 0 Å². The summed E-state index contributed by atoms with van der Waals surface area (Å²) < 4.78 is 0. The summed E-state index contributed by atoms with van der Waals surface area (Å²) in [5, 5.41) is 8.67. The van der Waals surface area contributed by atoms with E-state index in [1.54, 1.807) is 0 Å². The number of ketones is 1. The number of carbonyl (C=O) groups is 2. The number of carboxylic acids is 1. The molecule has 1 spiro atoms. The number of nitrogens with two attached hydrogens (primary N) is 1. The molecule has 2 aliphatic rings. The molecule has 0 heterocycles. The third kappa shape index (κ3) is 1.78. The smallest absolute Gasteiger partial charge is 0.328 e. The van der Waals surface area contributed by atoms with E-state index >= 15 is 0 Å². The van der Waals surface area contributed by atoms with Crippen molar-refractivity contribution in [3.63, 3.8) is 0 Å². The molecule has 0 bridgehead atoms. The lowest BCUT2D eigenvalue weighted by atomic mass is 9.83. The average molecular weight is 211 g/mol. The molecule has 2 aliphatic carbocycles. The molecule has 2 unspecified atom stereocenters. The van der Waals surface area contributed by atoms with Crippen LogP contribution in [-0.4, -0.2) is 22.9 Å². The van der Waals surface area contributed by atoms with Crippen LogP contribution in [-0.2, 0) is 9.59 Å². The lowest BCUT2D eigenvalue weighted by Crippen LogP contribution is -2.40. The number of hydrogen-bond acceptors (Lipinski definition) is 3. The maximum absolute atomic E-state index is 11.7. The second-order valence-electron chi connectivity index (χ2n) is 4.90. The Kier molecular flexibility index (Phi) is 2.54. The quantitative estimate of drug-likeness (QED) is 0.681. The molecule has 2 rings (SSSR count). The second kappa shape index (κ2) is 3.59. The van der Waals surface area contributed by atoms with Crippen LogP contribution in [0.4, 0.5) is 0 Å². The van der Waals surface area contributed by atoms with Crippen molar-refractivity contribution in [2.45, 2.75) is 44.6 Å². The van der Waals surface area contributed by atoms with Gasteiger partial charge in [-0.25, -0.2) is 0 Å². The molecule has 0 aromatic heterocycles. The number of aliphatic carboxylic acids is 1. The van der Waals surface area contributed by atoms with Crippen LogP contribution in [0.2, 0.25) is 0 Å². The topological polar surface area (TPSA) is 80.4 Å². The summed E-state index contributed by atoms with van der Waals surface area (Å²) in [5.74, 6) is -1.52. The Labute approximate surface area is 88.8 Å². The summed E-state index contributed by atoms with van der Waals surface area (Å²) in [6.45, 7) is 0. The van der Waals surface area contributed by atoms with E-state index in [1.807, 2.05) is 0 Å². The summed E-state index contributed by atoms with van der Waals surface area (Å²) in [6.07, 6.45) is 6.62. The van der Waals surface area contributed by atoms with Crippen LogP contribution in [0.3, 0.4) is 0 Å². The average Bonchev–Trinajstić information content (AvgIpc) is 2.91. The number of Topliss-reactive ketones (excluding diaryl/α,β-unsaturated/α-hetero) is 1. The largest absolute Gasteiger partial charge is 0.480 e. The minimum atomic E-state index is -1.31. The Morgan fingerprint density at radius 1 is 1.27 bits per heavy atom. The van der Waals surface area contributed by atoms with Gasteiger partial charge in [0, 0.05) is 5.92 Å². The van der Waals surface area contributed by atoms with Crippen LogP contribution in [0.1, 0.15) is 38.5 Å². The van der Waals surface area contributed by atoms with Crippen molar-refractivity contribution >= 4 is 11.8 Å².